The molecule has 87 heavy (non-hydrogen) atoms. The van der Waals surface area contributed by atoms with Gasteiger partial charge in [0.1, 0.15) is 0 Å². The fraction of sp³-hybridized carbons (Fsp3) is 0. The minimum absolute atomic E-state index is 0.267. The molecule has 7 rings (SSSR count). The van der Waals surface area contributed by atoms with E-state index in [1.54, 1.807) is 0 Å². The number of phenolic OH excluding ortho intramolecular Hbond substituents is 21. The van der Waals surface area contributed by atoms with Gasteiger partial charge in [0.2, 0.25) is 0 Å². The van der Waals surface area contributed by atoms with E-state index < -0.39 is 244 Å². The Kier molecular flexibility index (Phi) is 21.9. The molecule has 21 N–H and O–H groups in total. The van der Waals surface area contributed by atoms with Crippen LogP contribution in [0.3, 0.4) is 0 Å². The Hall–Kier alpha value is -11.0. The van der Waals surface area contributed by atoms with E-state index in [4.69, 9.17) is 21.3 Å². The number of carbonyl (C=O) groups excluding carboxylic acids is 7. The van der Waals surface area contributed by atoms with E-state index in [0.717, 1.165) is 48.5 Å². The summed E-state index contributed by atoms with van der Waals surface area (Å²) in [5.41, 5.74) is -2.81. The van der Waals surface area contributed by atoms with Gasteiger partial charge in [-0.05, 0) is 0 Å². The molecule has 454 valence electrons. The molecule has 0 aliphatic heterocycles. The molecule has 0 bridgehead atoms. The van der Waals surface area contributed by atoms with E-state index in [1.165, 1.54) is 0 Å². The van der Waals surface area contributed by atoms with Crippen LogP contribution >= 0.6 is 0 Å². The Morgan fingerprint density at radius 2 is 0.402 bits per heavy atom. The van der Waals surface area contributed by atoms with E-state index in [-0.39, 0.29) is 22.3 Å². The van der Waals surface area contributed by atoms with Gasteiger partial charge in [-0.1, -0.05) is 0 Å². The normalized spacial score (nSPS) is 10.4. The zero-order valence-corrected chi connectivity index (χ0v) is 51.6. The Labute approximate surface area is 509 Å². The first-order valence-electron chi connectivity index (χ1n) is 22.3. The fourth-order valence-corrected chi connectivity index (χ4v) is 11.7. The van der Waals surface area contributed by atoms with Gasteiger partial charge in [0, 0.05) is 0 Å². The van der Waals surface area contributed by atoms with E-state index in [0.29, 0.717) is 36.4 Å². The van der Waals surface area contributed by atoms with Crippen LogP contribution in [0.2, 0.25) is 0 Å². The van der Waals surface area contributed by atoms with Crippen molar-refractivity contribution in [2.24, 2.45) is 0 Å². The van der Waals surface area contributed by atoms with Crippen LogP contribution in [0.5, 0.6) is 121 Å². The molecule has 7 aromatic carbocycles. The molecule has 0 amide bonds. The molecule has 0 atom stereocenters. The summed E-state index contributed by atoms with van der Waals surface area (Å²) >= 11 is -9.86. The zero-order valence-electron chi connectivity index (χ0n) is 42.1. The molecule has 0 aromatic heterocycles. The monoisotopic (exact) mass is 1670 g/mol. The van der Waals surface area contributed by atoms with Crippen molar-refractivity contribution in [2.75, 3.05) is 0 Å². The first-order valence-corrected chi connectivity index (χ1v) is 31.4. The predicted octanol–water partition coefficient (Wildman–Crippen LogP) is 1.83. The van der Waals surface area contributed by atoms with Gasteiger partial charge in [0.25, 0.3) is 0 Å². The predicted molar refractivity (Wildman–Crippen MR) is 275 cm³/mol. The molecule has 0 aliphatic carbocycles. The SMILES string of the molecule is O=C([O][Bi]([O]C(=O)c1cc(O)c(O)c(O)c1)[O]C(=O)c1cc(O)c(O)c(O)c1)c1cc(O)c(O)c(O)c1.O=C([O][Ge][O]C(=O)c1cc(O)c(O)c(O)c1)c1cc(O)c(O)c(O)c1.O=C([O][Pb][O]C(=O)c1cc(O)c(O)c(O)c1)c1cc(O)c(O)c(O)c1. The van der Waals surface area contributed by atoms with Crippen LogP contribution in [-0.2, 0) is 21.3 Å². The Morgan fingerprint density at radius 3 is 0.575 bits per heavy atom. The third-order valence-electron chi connectivity index (χ3n) is 10.1. The van der Waals surface area contributed by atoms with Crippen LogP contribution in [0.25, 0.3) is 0 Å². The van der Waals surface area contributed by atoms with Gasteiger partial charge in [-0.25, -0.2) is 0 Å². The first kappa shape index (κ1) is 66.8. The third kappa shape index (κ3) is 17.1. The number of hydrogen-bond acceptors (Lipinski definition) is 35. The van der Waals surface area contributed by atoms with Crippen LogP contribution in [0.15, 0.2) is 84.9 Å². The fourth-order valence-electron chi connectivity index (χ4n) is 5.90. The van der Waals surface area contributed by atoms with Gasteiger partial charge in [-0.2, -0.15) is 0 Å². The van der Waals surface area contributed by atoms with E-state index in [9.17, 15) is 141 Å². The maximum absolute atomic E-state index is 12.5. The first-order chi connectivity index (χ1) is 40.7. The summed E-state index contributed by atoms with van der Waals surface area (Å²) in [6, 6.07) is 10.9. The molecule has 0 heterocycles. The van der Waals surface area contributed by atoms with Crippen LogP contribution in [-0.4, -0.2) is 213 Å². The quantitative estimate of drug-likeness (QED) is 0.0545. The second kappa shape index (κ2) is 28.5. The van der Waals surface area contributed by atoms with Crippen molar-refractivity contribution in [3.05, 3.63) is 124 Å². The van der Waals surface area contributed by atoms with Crippen LogP contribution in [0.4, 0.5) is 0 Å². The van der Waals surface area contributed by atoms with Gasteiger partial charge >= 0.3 is 513 Å². The summed E-state index contributed by atoms with van der Waals surface area (Å²) in [5.74, 6) is -25.6. The summed E-state index contributed by atoms with van der Waals surface area (Å²) in [4.78, 5) is 84.5. The van der Waals surface area contributed by atoms with Crippen LogP contribution < -0.4 is 0 Å². The maximum atomic E-state index is 12.5. The molecule has 0 aliphatic rings. The summed E-state index contributed by atoms with van der Waals surface area (Å²) < 4.78 is 33.9. The van der Waals surface area contributed by atoms with Crippen LogP contribution in [0, 0.1) is 0 Å². The number of hydrogen-bond donors (Lipinski definition) is 21. The number of carbonyl (C=O) groups is 7. The molecular formula is C49H35BiGeO35Pb. The molecule has 0 unspecified atom stereocenters. The Morgan fingerprint density at radius 1 is 0.253 bits per heavy atom. The second-order valence-corrected chi connectivity index (χ2v) is 23.4. The standard InChI is InChI=1S/C14H10GeO10.5C7H6O5.Bi.Pb/c16-7-1-5(2-8(17)11(7)20)13(22)24-15-25-14(23)6-3-9(18)12(21)10(19)4-6;5*8-4-1-3(7(11)12)2-5(9)6(4)10;;/h1-4,16-21H;5*1-2,8-10H,(H,11,12);;/q;;;;;;+3;+2/p-5. The van der Waals surface area contributed by atoms with E-state index >= 15 is 0 Å². The summed E-state index contributed by atoms with van der Waals surface area (Å²) in [6.07, 6.45) is 0. The van der Waals surface area contributed by atoms with E-state index in [2.05, 4.69) is 0 Å². The third-order valence-corrected chi connectivity index (χ3v) is 17.0. The van der Waals surface area contributed by atoms with Crippen molar-refractivity contribution in [2.45, 2.75) is 0 Å². The number of phenols is 21. The molecule has 0 fully saturated rings. The van der Waals surface area contributed by atoms with Crippen molar-refractivity contribution >= 4 is 106 Å². The molecule has 4 radical (unpaired) electrons. The summed E-state index contributed by atoms with van der Waals surface area (Å²) in [7, 11) is 0. The van der Waals surface area contributed by atoms with Crippen LogP contribution in [0.1, 0.15) is 72.5 Å². The van der Waals surface area contributed by atoms with Crippen molar-refractivity contribution in [1.82, 2.24) is 0 Å². The molecule has 0 saturated carbocycles. The van der Waals surface area contributed by atoms with E-state index in [1.807, 2.05) is 0 Å². The molecule has 7 aromatic rings. The summed E-state index contributed by atoms with van der Waals surface area (Å²) in [5, 5.41) is 197. The Bertz CT molecular complexity index is 3280. The number of aromatic hydroxyl groups is 21. The topological polar surface area (TPSA) is 609 Å². The van der Waals surface area contributed by atoms with Crippen molar-refractivity contribution in [3.63, 3.8) is 0 Å². The minimum atomic E-state index is -5.08. The average Bonchev–Trinajstić information content (AvgIpc) is 3.17. The van der Waals surface area contributed by atoms with Gasteiger partial charge in [0.05, 0.1) is 0 Å². The van der Waals surface area contributed by atoms with Gasteiger partial charge in [0.15, 0.2) is 0 Å². The molecule has 0 saturated heterocycles. The molecule has 35 nitrogen and oxygen atoms in total. The second-order valence-electron chi connectivity index (χ2n) is 16.1. The van der Waals surface area contributed by atoms with Gasteiger partial charge in [-0.3, -0.25) is 0 Å². The molecule has 0 spiro atoms. The summed E-state index contributed by atoms with van der Waals surface area (Å²) in [6.45, 7) is 0. The van der Waals surface area contributed by atoms with Gasteiger partial charge in [-0.15, -0.1) is 0 Å². The van der Waals surface area contributed by atoms with Crippen molar-refractivity contribution in [1.29, 1.82) is 0 Å². The van der Waals surface area contributed by atoms with Gasteiger partial charge < -0.3 is 0 Å². The number of rotatable bonds is 14. The van der Waals surface area contributed by atoms with Crippen molar-refractivity contribution in [3.8, 4) is 121 Å². The zero-order chi connectivity index (χ0) is 65.0. The Balaban J connectivity index is 0.000000246. The molecule has 38 heteroatoms. The van der Waals surface area contributed by atoms with Crippen molar-refractivity contribution < 1.29 is 162 Å². The molecular weight excluding hydrogens is 1640 g/mol. The average molecular weight is 1670 g/mol. The number of benzene rings is 7.